The van der Waals surface area contributed by atoms with Crippen molar-refractivity contribution in [2.45, 2.75) is 121 Å². The predicted molar refractivity (Wildman–Crippen MR) is 211 cm³/mol. The van der Waals surface area contributed by atoms with Crippen LogP contribution in [0.4, 0.5) is 4.79 Å². The molecule has 11 atom stereocenters. The van der Waals surface area contributed by atoms with Gasteiger partial charge in [0, 0.05) is 31.1 Å². The van der Waals surface area contributed by atoms with Crippen LogP contribution >= 0.6 is 0 Å². The van der Waals surface area contributed by atoms with Gasteiger partial charge in [-0.1, -0.05) is 68.8 Å². The molecule has 2 aromatic carbocycles. The molecule has 3 saturated carbocycles. The average molecular weight is 848 g/mol. The van der Waals surface area contributed by atoms with Crippen molar-refractivity contribution in [1.82, 2.24) is 5.32 Å². The van der Waals surface area contributed by atoms with E-state index >= 15 is 4.79 Å². The zero-order valence-corrected chi connectivity index (χ0v) is 35.0. The number of rotatable bonds is 10. The number of carbonyl (C=O) groups is 6. The van der Waals surface area contributed by atoms with E-state index in [4.69, 9.17) is 28.4 Å². The van der Waals surface area contributed by atoms with Crippen molar-refractivity contribution in [2.24, 2.45) is 22.7 Å². The van der Waals surface area contributed by atoms with Crippen molar-refractivity contribution in [2.75, 3.05) is 13.7 Å². The molecule has 4 aliphatic carbocycles. The SMILES string of the molecule is COC(=O)O[C@@]12CO[C@@H]1C[C@H](O)[C@@]1(C)C(=O)[C@H](OC(C)=O)C3=C(C)[C@@H](OC(=O)[C@H](O)[C@@H](NC(=O)C4CCC4)c4ccccc4)C[C@@](O)([C@@H](OC(=O)c4ccccc4)C12)C3(C)C. The number of Topliss-reactive ketones (excluding diaryl/α,β-unsaturated/α-hetero) is 1. The summed E-state index contributed by atoms with van der Waals surface area (Å²) in [5, 5.41) is 40.3. The molecule has 4 N–H and O–H groups in total. The van der Waals surface area contributed by atoms with Gasteiger partial charge in [-0.15, -0.1) is 0 Å². The number of aliphatic hydroxyl groups excluding tert-OH is 2. The first-order valence-corrected chi connectivity index (χ1v) is 20.5. The van der Waals surface area contributed by atoms with Gasteiger partial charge in [-0.2, -0.15) is 0 Å². The summed E-state index contributed by atoms with van der Waals surface area (Å²) in [4.78, 5) is 83.3. The number of esters is 3. The smallest absolute Gasteiger partial charge is 0.456 e. The quantitative estimate of drug-likeness (QED) is 0.153. The van der Waals surface area contributed by atoms with Crippen LogP contribution in [0, 0.1) is 22.7 Å². The zero-order valence-electron chi connectivity index (χ0n) is 35.0. The Morgan fingerprint density at radius 2 is 1.57 bits per heavy atom. The van der Waals surface area contributed by atoms with E-state index in [1.807, 2.05) is 0 Å². The topological polar surface area (TPSA) is 231 Å². The summed E-state index contributed by atoms with van der Waals surface area (Å²) in [6.45, 7) is 6.72. The van der Waals surface area contributed by atoms with Gasteiger partial charge in [0.15, 0.2) is 23.6 Å². The van der Waals surface area contributed by atoms with E-state index in [0.717, 1.165) is 20.5 Å². The van der Waals surface area contributed by atoms with Gasteiger partial charge >= 0.3 is 24.1 Å². The van der Waals surface area contributed by atoms with Gasteiger partial charge in [0.2, 0.25) is 5.91 Å². The van der Waals surface area contributed by atoms with Crippen LogP contribution in [-0.4, -0.2) is 113 Å². The molecule has 1 unspecified atom stereocenters. The van der Waals surface area contributed by atoms with Gasteiger partial charge in [0.25, 0.3) is 0 Å². The van der Waals surface area contributed by atoms with E-state index < -0.39 is 107 Å². The molecule has 1 heterocycles. The first-order chi connectivity index (χ1) is 28.8. The number of ketones is 1. The van der Waals surface area contributed by atoms with E-state index in [1.165, 1.54) is 26.0 Å². The van der Waals surface area contributed by atoms with E-state index in [9.17, 15) is 39.3 Å². The second-order valence-electron chi connectivity index (χ2n) is 17.6. The van der Waals surface area contributed by atoms with Crippen LogP contribution in [-0.2, 0) is 47.6 Å². The number of carbonyl (C=O) groups excluding carboxylic acids is 6. The minimum Gasteiger partial charge on any atom is -0.456 e. The zero-order chi connectivity index (χ0) is 44.2. The number of fused-ring (bicyclic) bond motifs is 5. The molecule has 4 fully saturated rings. The molecule has 5 aliphatic rings. The first kappa shape index (κ1) is 43.9. The molecule has 328 valence electrons. The van der Waals surface area contributed by atoms with Crippen LogP contribution in [0.15, 0.2) is 71.8 Å². The standard InChI is InChI=1S/C45H53NO15/c1-23-28(59-40(53)33(49)32(25-14-9-7-10-15-25)46-38(51)26-18-13-19-26)21-45(55)37(60-39(52)27-16-11-8-12-17-27)35-43(5,36(50)34(58-24(2)47)31(23)42(45,3)4)29(48)20-30-44(35,22-57-30)61-41(54)56-6/h7-12,14-17,26,28-30,32-35,37,48-49,55H,13,18-22H2,1-6H3,(H,46,51)/t28-,29-,30+,32-,33+,34+,35?,37-,43+,44-,45+/m0/s1. The fourth-order valence-corrected chi connectivity index (χ4v) is 10.2. The third kappa shape index (κ3) is 7.20. The maximum atomic E-state index is 15.5. The number of hydrogen-bond donors (Lipinski definition) is 4. The molecule has 7 rings (SSSR count). The van der Waals surface area contributed by atoms with Crippen LogP contribution in [0.1, 0.15) is 88.7 Å². The second kappa shape index (κ2) is 16.3. The number of methoxy groups -OCH3 is 1. The van der Waals surface area contributed by atoms with Crippen molar-refractivity contribution >= 4 is 35.8 Å². The van der Waals surface area contributed by atoms with E-state index in [0.29, 0.717) is 18.4 Å². The minimum atomic E-state index is -2.41. The lowest BCUT2D eigenvalue weighted by Gasteiger charge is -2.67. The van der Waals surface area contributed by atoms with Gasteiger partial charge < -0.3 is 49.1 Å². The van der Waals surface area contributed by atoms with E-state index in [-0.39, 0.29) is 41.6 Å². The number of amides is 1. The highest BCUT2D eigenvalue weighted by Gasteiger charge is 2.78. The molecule has 16 heteroatoms. The molecule has 0 aromatic heterocycles. The van der Waals surface area contributed by atoms with Crippen LogP contribution < -0.4 is 5.32 Å². The van der Waals surface area contributed by atoms with Gasteiger partial charge in [-0.25, -0.2) is 14.4 Å². The lowest BCUT2D eigenvalue weighted by Crippen LogP contribution is -2.82. The van der Waals surface area contributed by atoms with Gasteiger partial charge in [0.1, 0.15) is 23.9 Å². The maximum absolute atomic E-state index is 15.5. The molecule has 16 nitrogen and oxygen atoms in total. The number of aliphatic hydroxyl groups is 3. The third-order valence-corrected chi connectivity index (χ3v) is 14.0. The Kier molecular flexibility index (Phi) is 11.7. The highest BCUT2D eigenvalue weighted by Crippen LogP contribution is 2.64. The highest BCUT2D eigenvalue weighted by atomic mass is 16.8. The number of ether oxygens (including phenoxy) is 6. The molecular formula is C45H53NO15. The second-order valence-corrected chi connectivity index (χ2v) is 17.6. The van der Waals surface area contributed by atoms with Gasteiger partial charge in [-0.05, 0) is 55.5 Å². The lowest BCUT2D eigenvalue weighted by molar-refractivity contribution is -0.344. The molecule has 61 heavy (non-hydrogen) atoms. The van der Waals surface area contributed by atoms with Gasteiger partial charge in [-0.3, -0.25) is 14.4 Å². The summed E-state index contributed by atoms with van der Waals surface area (Å²) in [5.74, 6) is -6.17. The molecule has 0 radical (unpaired) electrons. The molecule has 1 aliphatic heterocycles. The van der Waals surface area contributed by atoms with Crippen LogP contribution in [0.25, 0.3) is 0 Å². The fourth-order valence-electron chi connectivity index (χ4n) is 10.2. The van der Waals surface area contributed by atoms with Crippen LogP contribution in [0.2, 0.25) is 0 Å². The number of nitrogens with one attached hydrogen (secondary N) is 1. The summed E-state index contributed by atoms with van der Waals surface area (Å²) in [6.07, 6.45) is -9.63. The Labute approximate surface area is 352 Å². The van der Waals surface area contributed by atoms with Crippen molar-refractivity contribution < 1.29 is 72.5 Å². The van der Waals surface area contributed by atoms with Crippen molar-refractivity contribution in [3.05, 3.63) is 82.9 Å². The highest BCUT2D eigenvalue weighted by molar-refractivity contribution is 5.95. The average Bonchev–Trinajstić information content (AvgIpc) is 3.20. The first-order valence-electron chi connectivity index (χ1n) is 20.5. The summed E-state index contributed by atoms with van der Waals surface area (Å²) in [5.41, 5.74) is -7.41. The molecule has 2 bridgehead atoms. The molecule has 1 amide bonds. The van der Waals surface area contributed by atoms with Crippen LogP contribution in [0.5, 0.6) is 0 Å². The predicted octanol–water partition coefficient (Wildman–Crippen LogP) is 3.44. The van der Waals surface area contributed by atoms with Gasteiger partial charge in [0.05, 0.1) is 42.8 Å². The minimum absolute atomic E-state index is 0.00538. The Morgan fingerprint density at radius 1 is 0.934 bits per heavy atom. The molecular weight excluding hydrogens is 794 g/mol. The Hall–Kier alpha value is -5.16. The molecule has 1 saturated heterocycles. The Bertz CT molecular complexity index is 2100. The van der Waals surface area contributed by atoms with E-state index in [2.05, 4.69) is 5.32 Å². The number of benzene rings is 2. The molecule has 0 spiro atoms. The Morgan fingerprint density at radius 3 is 2.13 bits per heavy atom. The monoisotopic (exact) mass is 847 g/mol. The van der Waals surface area contributed by atoms with Crippen molar-refractivity contribution in [3.63, 3.8) is 0 Å². The van der Waals surface area contributed by atoms with E-state index in [1.54, 1.807) is 62.4 Å². The summed E-state index contributed by atoms with van der Waals surface area (Å²) in [7, 11) is 1.07. The maximum Gasteiger partial charge on any atom is 0.508 e. The molecule has 2 aromatic rings. The fraction of sp³-hybridized carbons (Fsp3) is 0.556. The summed E-state index contributed by atoms with van der Waals surface area (Å²) >= 11 is 0. The van der Waals surface area contributed by atoms with Crippen molar-refractivity contribution in [3.8, 4) is 0 Å². The Balaban J connectivity index is 1.39. The normalized spacial score (nSPS) is 33.6. The third-order valence-electron chi connectivity index (χ3n) is 14.0. The largest absolute Gasteiger partial charge is 0.508 e. The summed E-state index contributed by atoms with van der Waals surface area (Å²) in [6, 6.07) is 15.0. The lowest BCUT2D eigenvalue weighted by atomic mass is 9.44. The number of hydrogen-bond acceptors (Lipinski definition) is 15. The van der Waals surface area contributed by atoms with Crippen molar-refractivity contribution in [1.29, 1.82) is 0 Å². The van der Waals surface area contributed by atoms with Crippen LogP contribution in [0.3, 0.4) is 0 Å². The summed E-state index contributed by atoms with van der Waals surface area (Å²) < 4.78 is 35.1.